The van der Waals surface area contributed by atoms with Crippen molar-refractivity contribution in [1.29, 1.82) is 0 Å². The lowest BCUT2D eigenvalue weighted by Crippen LogP contribution is -2.51. The Hall–Kier alpha value is -4.05. The molecule has 0 radical (unpaired) electrons. The minimum Gasteiger partial charge on any atom is -0.493 e. The summed E-state index contributed by atoms with van der Waals surface area (Å²) in [5.41, 5.74) is 2.99. The van der Waals surface area contributed by atoms with E-state index in [0.29, 0.717) is 18.0 Å². The first-order valence-corrected chi connectivity index (χ1v) is 14.9. The van der Waals surface area contributed by atoms with Crippen LogP contribution in [0, 0.1) is 13.8 Å². The Kier molecular flexibility index (Phi) is 10.8. The highest BCUT2D eigenvalue weighted by Gasteiger charge is 2.33. The molecular formula is C31H39N3O6S. The Morgan fingerprint density at radius 1 is 0.878 bits per heavy atom. The van der Waals surface area contributed by atoms with Gasteiger partial charge in [0, 0.05) is 19.2 Å². The molecule has 0 fully saturated rings. The van der Waals surface area contributed by atoms with Gasteiger partial charge >= 0.3 is 0 Å². The van der Waals surface area contributed by atoms with Crippen molar-refractivity contribution in [3.63, 3.8) is 0 Å². The molecule has 3 aromatic carbocycles. The predicted molar refractivity (Wildman–Crippen MR) is 160 cm³/mol. The Bertz CT molecular complexity index is 1440. The fourth-order valence-electron chi connectivity index (χ4n) is 4.21. The molecule has 0 heterocycles. The second-order valence-electron chi connectivity index (χ2n) is 9.84. The summed E-state index contributed by atoms with van der Waals surface area (Å²) >= 11 is 0. The summed E-state index contributed by atoms with van der Waals surface area (Å²) in [5, 5.41) is 2.84. The number of benzene rings is 3. The standard InChI is InChI=1S/C31H39N3O6S/c1-7-18-32-31(36)24(4)33(20-25-12-8-22(2)9-13-25)30(35)21-34(26-14-17-28(39-5)29(19-26)40-6)41(37,38)27-15-10-23(3)11-16-27/h8-17,19,24H,7,18,20-21H2,1-6H3,(H,32,36). The van der Waals surface area contributed by atoms with E-state index in [1.165, 1.54) is 37.3 Å². The molecule has 1 N–H and O–H groups in total. The molecule has 0 aromatic heterocycles. The lowest BCUT2D eigenvalue weighted by Gasteiger charge is -2.32. The zero-order valence-corrected chi connectivity index (χ0v) is 25.3. The number of amides is 2. The monoisotopic (exact) mass is 581 g/mol. The van der Waals surface area contributed by atoms with Gasteiger partial charge in [0.2, 0.25) is 11.8 Å². The highest BCUT2D eigenvalue weighted by atomic mass is 32.2. The third-order valence-corrected chi connectivity index (χ3v) is 8.52. The quantitative estimate of drug-likeness (QED) is 0.320. The first-order chi connectivity index (χ1) is 19.5. The molecule has 0 saturated carbocycles. The molecule has 3 rings (SSSR count). The number of aryl methyl sites for hydroxylation is 2. The number of hydrogen-bond donors (Lipinski definition) is 1. The summed E-state index contributed by atoms with van der Waals surface area (Å²) in [6.07, 6.45) is 0.742. The fraction of sp³-hybridized carbons (Fsp3) is 0.355. The van der Waals surface area contributed by atoms with Gasteiger partial charge in [0.15, 0.2) is 11.5 Å². The van der Waals surface area contributed by atoms with E-state index in [9.17, 15) is 18.0 Å². The van der Waals surface area contributed by atoms with E-state index in [0.717, 1.165) is 27.4 Å². The van der Waals surface area contributed by atoms with Gasteiger partial charge in [-0.3, -0.25) is 13.9 Å². The molecule has 3 aromatic rings. The summed E-state index contributed by atoms with van der Waals surface area (Å²) < 4.78 is 39.8. The zero-order valence-electron chi connectivity index (χ0n) is 24.5. The Balaban J connectivity index is 2.07. The molecule has 9 nitrogen and oxygen atoms in total. The van der Waals surface area contributed by atoms with Gasteiger partial charge in [-0.15, -0.1) is 0 Å². The number of anilines is 1. The second-order valence-corrected chi connectivity index (χ2v) is 11.7. The molecule has 0 aliphatic rings. The van der Waals surface area contributed by atoms with Gasteiger partial charge in [-0.1, -0.05) is 54.4 Å². The number of sulfonamides is 1. The Labute approximate surface area is 243 Å². The third-order valence-electron chi connectivity index (χ3n) is 6.73. The van der Waals surface area contributed by atoms with Crippen LogP contribution < -0.4 is 19.1 Å². The van der Waals surface area contributed by atoms with E-state index in [1.54, 1.807) is 31.2 Å². The number of methoxy groups -OCH3 is 2. The van der Waals surface area contributed by atoms with Crippen molar-refractivity contribution in [2.75, 3.05) is 31.6 Å². The SMILES string of the molecule is CCCNC(=O)C(C)N(Cc1ccc(C)cc1)C(=O)CN(c1ccc(OC)c(OC)c1)S(=O)(=O)c1ccc(C)cc1. The van der Waals surface area contributed by atoms with Gasteiger partial charge in [0.25, 0.3) is 10.0 Å². The van der Waals surface area contributed by atoms with Crippen molar-refractivity contribution in [3.05, 3.63) is 83.4 Å². The van der Waals surface area contributed by atoms with Crippen LogP contribution in [-0.4, -0.2) is 58.5 Å². The number of carbonyl (C=O) groups excluding carboxylic acids is 2. The third kappa shape index (κ3) is 7.79. The molecular weight excluding hydrogens is 542 g/mol. The molecule has 1 unspecified atom stereocenters. The maximum Gasteiger partial charge on any atom is 0.264 e. The predicted octanol–water partition coefficient (Wildman–Crippen LogP) is 4.46. The first kappa shape index (κ1) is 31.5. The van der Waals surface area contributed by atoms with Crippen molar-refractivity contribution in [1.82, 2.24) is 10.2 Å². The van der Waals surface area contributed by atoms with Gasteiger partial charge in [-0.25, -0.2) is 8.42 Å². The normalized spacial score (nSPS) is 11.9. The van der Waals surface area contributed by atoms with Crippen molar-refractivity contribution in [3.8, 4) is 11.5 Å². The Morgan fingerprint density at radius 3 is 2.02 bits per heavy atom. The zero-order chi connectivity index (χ0) is 30.2. The average molecular weight is 582 g/mol. The van der Waals surface area contributed by atoms with Crippen LogP contribution >= 0.6 is 0 Å². The topological polar surface area (TPSA) is 105 Å². The smallest absolute Gasteiger partial charge is 0.264 e. The maximum atomic E-state index is 14.0. The largest absolute Gasteiger partial charge is 0.493 e. The van der Waals surface area contributed by atoms with E-state index in [1.807, 2.05) is 45.0 Å². The van der Waals surface area contributed by atoms with Crippen LogP contribution in [-0.2, 0) is 26.2 Å². The van der Waals surface area contributed by atoms with Gasteiger partial charge < -0.3 is 19.7 Å². The van der Waals surface area contributed by atoms with Crippen LogP contribution in [0.1, 0.15) is 37.0 Å². The summed E-state index contributed by atoms with van der Waals surface area (Å²) in [6, 6.07) is 17.9. The van der Waals surface area contributed by atoms with E-state index >= 15 is 0 Å². The van der Waals surface area contributed by atoms with E-state index < -0.39 is 28.5 Å². The lowest BCUT2D eigenvalue weighted by atomic mass is 10.1. The molecule has 0 saturated heterocycles. The lowest BCUT2D eigenvalue weighted by molar-refractivity contribution is -0.139. The molecule has 2 amide bonds. The van der Waals surface area contributed by atoms with Crippen LogP contribution in [0.3, 0.4) is 0 Å². The first-order valence-electron chi connectivity index (χ1n) is 13.5. The number of nitrogens with zero attached hydrogens (tertiary/aromatic N) is 2. The van der Waals surface area contributed by atoms with Gasteiger partial charge in [-0.05, 0) is 57.0 Å². The number of carbonyl (C=O) groups is 2. The molecule has 0 aliphatic heterocycles. The number of ether oxygens (including phenoxy) is 2. The van der Waals surface area contributed by atoms with Crippen LogP contribution in [0.15, 0.2) is 71.6 Å². The molecule has 0 spiro atoms. The fourth-order valence-corrected chi connectivity index (χ4v) is 5.62. The van der Waals surface area contributed by atoms with Gasteiger partial charge in [0.1, 0.15) is 12.6 Å². The molecule has 0 aliphatic carbocycles. The van der Waals surface area contributed by atoms with Crippen LogP contribution in [0.5, 0.6) is 11.5 Å². The molecule has 1 atom stereocenters. The summed E-state index contributed by atoms with van der Waals surface area (Å²) in [6.45, 7) is 7.47. The summed E-state index contributed by atoms with van der Waals surface area (Å²) in [7, 11) is -1.26. The molecule has 220 valence electrons. The average Bonchev–Trinajstić information content (AvgIpc) is 2.97. The molecule has 41 heavy (non-hydrogen) atoms. The van der Waals surface area contributed by atoms with Gasteiger partial charge in [0.05, 0.1) is 24.8 Å². The second kappa shape index (κ2) is 14.0. The van der Waals surface area contributed by atoms with E-state index in [2.05, 4.69) is 5.32 Å². The minimum absolute atomic E-state index is 0.0320. The number of rotatable bonds is 13. The summed E-state index contributed by atoms with van der Waals surface area (Å²) in [4.78, 5) is 28.4. The molecule has 0 bridgehead atoms. The Morgan fingerprint density at radius 2 is 1.46 bits per heavy atom. The van der Waals surface area contributed by atoms with Crippen molar-refractivity contribution in [2.45, 2.75) is 51.6 Å². The van der Waals surface area contributed by atoms with Crippen molar-refractivity contribution < 1.29 is 27.5 Å². The number of nitrogens with one attached hydrogen (secondary N) is 1. The highest BCUT2D eigenvalue weighted by molar-refractivity contribution is 7.92. The maximum absolute atomic E-state index is 14.0. The van der Waals surface area contributed by atoms with E-state index in [-0.39, 0.29) is 23.0 Å². The number of hydrogen-bond acceptors (Lipinski definition) is 6. The van der Waals surface area contributed by atoms with E-state index in [4.69, 9.17) is 9.47 Å². The highest BCUT2D eigenvalue weighted by Crippen LogP contribution is 2.34. The van der Waals surface area contributed by atoms with Crippen LogP contribution in [0.4, 0.5) is 5.69 Å². The summed E-state index contributed by atoms with van der Waals surface area (Å²) in [5.74, 6) is -0.121. The van der Waals surface area contributed by atoms with Crippen molar-refractivity contribution in [2.24, 2.45) is 0 Å². The molecule has 10 heteroatoms. The van der Waals surface area contributed by atoms with Crippen LogP contribution in [0.2, 0.25) is 0 Å². The van der Waals surface area contributed by atoms with Crippen molar-refractivity contribution >= 4 is 27.5 Å². The minimum atomic E-state index is -4.19. The van der Waals surface area contributed by atoms with Gasteiger partial charge in [-0.2, -0.15) is 0 Å². The van der Waals surface area contributed by atoms with Crippen LogP contribution in [0.25, 0.3) is 0 Å².